The maximum Gasteiger partial charge on any atom is 0.337 e. The molecule has 10 nitrogen and oxygen atoms in total. The molecule has 1 aliphatic carbocycles. The summed E-state index contributed by atoms with van der Waals surface area (Å²) in [6.45, 7) is 4.67. The summed E-state index contributed by atoms with van der Waals surface area (Å²) < 4.78 is 22.8. The number of ether oxygens (including phenoxy) is 1. The van der Waals surface area contributed by atoms with E-state index in [9.17, 15) is 24.2 Å². The normalized spacial score (nSPS) is 18.4. The van der Waals surface area contributed by atoms with E-state index in [2.05, 4.69) is 15.2 Å². The van der Waals surface area contributed by atoms with Crippen molar-refractivity contribution in [2.45, 2.75) is 44.8 Å². The average Bonchev–Trinajstić information content (AvgIpc) is 3.11. The Morgan fingerprint density at radius 1 is 0.940 bits per heavy atom. The minimum atomic E-state index is -0.655. The smallest absolute Gasteiger partial charge is 0.337 e. The van der Waals surface area contributed by atoms with Gasteiger partial charge in [0.2, 0.25) is 0 Å². The van der Waals surface area contributed by atoms with E-state index in [0.717, 1.165) is 60.4 Å². The molecule has 2 fully saturated rings. The Hall–Kier alpha value is -4.55. The molecule has 2 aromatic heterocycles. The van der Waals surface area contributed by atoms with Crippen molar-refractivity contribution in [3.8, 4) is 28.3 Å². The van der Waals surface area contributed by atoms with Gasteiger partial charge in [0.15, 0.2) is 5.65 Å². The van der Waals surface area contributed by atoms with Crippen LogP contribution in [-0.2, 0) is 17.8 Å². The van der Waals surface area contributed by atoms with Crippen molar-refractivity contribution in [3.63, 3.8) is 0 Å². The van der Waals surface area contributed by atoms with Crippen LogP contribution in [0.2, 0.25) is 5.02 Å². The second-order valence-electron chi connectivity index (χ2n) is 13.2. The SMILES string of the molecule is O=c1c2cc(F)cnc2n(-c2cccc(-c3ccc(O)cc3CN3CCOCC3)c2)c(=O)n1C1CCC(CNCc2cc(Cl)ccc2O)CC1. The largest absolute Gasteiger partial charge is 0.508 e. The Bertz CT molecular complexity index is 2140. The third-order valence-corrected chi connectivity index (χ3v) is 10.1. The number of phenolic OH excluding ortho intramolecular Hbond substituents is 2. The first kappa shape index (κ1) is 33.9. The van der Waals surface area contributed by atoms with Gasteiger partial charge >= 0.3 is 5.69 Å². The molecule has 1 saturated heterocycles. The van der Waals surface area contributed by atoms with E-state index in [-0.39, 0.29) is 28.6 Å². The van der Waals surface area contributed by atoms with Gasteiger partial charge in [0, 0.05) is 42.8 Å². The van der Waals surface area contributed by atoms with Crippen molar-refractivity contribution in [1.29, 1.82) is 0 Å². The summed E-state index contributed by atoms with van der Waals surface area (Å²) >= 11 is 6.09. The highest BCUT2D eigenvalue weighted by Gasteiger charge is 2.27. The fourth-order valence-electron chi connectivity index (χ4n) is 7.26. The summed E-state index contributed by atoms with van der Waals surface area (Å²) in [4.78, 5) is 34.8. The molecule has 0 unspecified atom stereocenters. The standard InChI is InChI=1S/C38H39ClFN5O5/c39-28-6-11-35(47)26(16-28)21-41-20-24-4-7-30(8-5-24)45-37(48)34-19-29(40)22-42-36(34)44(38(45)49)31-3-1-2-25(17-31)33-10-9-32(46)18-27(33)23-43-12-14-50-15-13-43/h1-3,6,9-11,16-19,22,24,30,41,46-47H,4-5,7-8,12-15,20-21,23H2. The van der Waals surface area contributed by atoms with E-state index < -0.39 is 17.1 Å². The Morgan fingerprint density at radius 3 is 2.54 bits per heavy atom. The second-order valence-corrected chi connectivity index (χ2v) is 13.6. The number of pyridine rings is 1. The zero-order valence-corrected chi connectivity index (χ0v) is 28.3. The van der Waals surface area contributed by atoms with Gasteiger partial charge in [0.05, 0.1) is 30.5 Å². The van der Waals surface area contributed by atoms with Crippen LogP contribution in [0.15, 0.2) is 82.5 Å². The number of rotatable bonds is 9. The van der Waals surface area contributed by atoms with Gasteiger partial charge in [-0.15, -0.1) is 0 Å². The molecule has 50 heavy (non-hydrogen) atoms. The number of aromatic nitrogens is 3. The van der Waals surface area contributed by atoms with Crippen molar-refractivity contribution >= 4 is 22.6 Å². The molecule has 3 N–H and O–H groups in total. The number of morpholine rings is 1. The van der Waals surface area contributed by atoms with Crippen LogP contribution in [0, 0.1) is 11.7 Å². The minimum Gasteiger partial charge on any atom is -0.508 e. The number of nitrogens with zero attached hydrogens (tertiary/aromatic N) is 4. The number of hydrogen-bond acceptors (Lipinski definition) is 8. The maximum atomic E-state index is 14.6. The van der Waals surface area contributed by atoms with E-state index in [1.165, 1.54) is 9.13 Å². The van der Waals surface area contributed by atoms with Gasteiger partial charge < -0.3 is 20.3 Å². The summed E-state index contributed by atoms with van der Waals surface area (Å²) in [5, 5.41) is 24.5. The molecule has 0 amide bonds. The van der Waals surface area contributed by atoms with Crippen molar-refractivity contribution in [1.82, 2.24) is 24.3 Å². The molecule has 1 saturated carbocycles. The molecule has 1 aliphatic heterocycles. The number of hydrogen-bond donors (Lipinski definition) is 3. The van der Waals surface area contributed by atoms with Gasteiger partial charge in [-0.2, -0.15) is 0 Å². The van der Waals surface area contributed by atoms with Crippen LogP contribution in [-0.4, -0.2) is 62.1 Å². The number of fused-ring (bicyclic) bond motifs is 1. The number of nitrogens with one attached hydrogen (secondary N) is 1. The van der Waals surface area contributed by atoms with Crippen molar-refractivity contribution in [3.05, 3.63) is 116 Å². The van der Waals surface area contributed by atoms with Crippen LogP contribution in [0.1, 0.15) is 42.9 Å². The van der Waals surface area contributed by atoms with E-state index in [1.807, 2.05) is 24.3 Å². The predicted molar refractivity (Wildman–Crippen MR) is 191 cm³/mol. The first-order chi connectivity index (χ1) is 24.2. The molecule has 260 valence electrons. The van der Waals surface area contributed by atoms with Crippen molar-refractivity contribution in [2.24, 2.45) is 5.92 Å². The number of aromatic hydroxyl groups is 2. The topological polar surface area (TPSA) is 122 Å². The Labute approximate surface area is 293 Å². The first-order valence-corrected chi connectivity index (χ1v) is 17.4. The minimum absolute atomic E-state index is 0.0396. The van der Waals surface area contributed by atoms with Crippen LogP contribution >= 0.6 is 11.6 Å². The molecule has 0 spiro atoms. The molecule has 3 aromatic carbocycles. The number of benzene rings is 3. The molecule has 0 atom stereocenters. The maximum absolute atomic E-state index is 14.6. The van der Waals surface area contributed by atoms with Crippen LogP contribution < -0.4 is 16.6 Å². The van der Waals surface area contributed by atoms with Crippen LogP contribution in [0.3, 0.4) is 0 Å². The molecule has 0 radical (unpaired) electrons. The average molecular weight is 700 g/mol. The van der Waals surface area contributed by atoms with Gasteiger partial charge in [-0.25, -0.2) is 18.7 Å². The Kier molecular flexibility index (Phi) is 10.0. The first-order valence-electron chi connectivity index (χ1n) is 17.0. The molecule has 5 aromatic rings. The molecule has 7 rings (SSSR count). The molecule has 2 aliphatic rings. The summed E-state index contributed by atoms with van der Waals surface area (Å²) in [6, 6.07) is 18.5. The van der Waals surface area contributed by atoms with Gasteiger partial charge in [-0.05, 0) is 103 Å². The predicted octanol–water partition coefficient (Wildman–Crippen LogP) is 5.77. The lowest BCUT2D eigenvalue weighted by Crippen LogP contribution is -2.43. The molecule has 12 heteroatoms. The molecular formula is C38H39ClFN5O5. The Balaban J connectivity index is 1.18. The van der Waals surface area contributed by atoms with Crippen molar-refractivity contribution in [2.75, 3.05) is 32.8 Å². The third kappa shape index (κ3) is 7.18. The van der Waals surface area contributed by atoms with E-state index in [0.29, 0.717) is 62.3 Å². The Morgan fingerprint density at radius 2 is 1.74 bits per heavy atom. The van der Waals surface area contributed by atoms with E-state index in [1.54, 1.807) is 36.4 Å². The van der Waals surface area contributed by atoms with E-state index in [4.69, 9.17) is 16.3 Å². The lowest BCUT2D eigenvalue weighted by Gasteiger charge is -2.30. The van der Waals surface area contributed by atoms with Gasteiger partial charge in [-0.1, -0.05) is 29.8 Å². The fraction of sp³-hybridized carbons (Fsp3) is 0.342. The highest BCUT2D eigenvalue weighted by Crippen LogP contribution is 2.33. The van der Waals surface area contributed by atoms with Gasteiger partial charge in [0.1, 0.15) is 17.3 Å². The fourth-order valence-corrected chi connectivity index (χ4v) is 7.45. The lowest BCUT2D eigenvalue weighted by molar-refractivity contribution is 0.0342. The zero-order valence-electron chi connectivity index (χ0n) is 27.5. The quantitative estimate of drug-likeness (QED) is 0.177. The molecule has 3 heterocycles. The van der Waals surface area contributed by atoms with Crippen LogP contribution in [0.4, 0.5) is 4.39 Å². The zero-order chi connectivity index (χ0) is 34.8. The third-order valence-electron chi connectivity index (χ3n) is 9.86. The van der Waals surface area contributed by atoms with Crippen molar-refractivity contribution < 1.29 is 19.3 Å². The number of phenols is 2. The summed E-state index contributed by atoms with van der Waals surface area (Å²) in [6.07, 6.45) is 3.81. The number of halogens is 2. The van der Waals surface area contributed by atoms with Gasteiger partial charge in [-0.3, -0.25) is 14.3 Å². The van der Waals surface area contributed by atoms with Gasteiger partial charge in [0.25, 0.3) is 5.56 Å². The van der Waals surface area contributed by atoms with E-state index >= 15 is 0 Å². The molecule has 0 bridgehead atoms. The summed E-state index contributed by atoms with van der Waals surface area (Å²) in [5.74, 6) is 0.0151. The van der Waals surface area contributed by atoms with Crippen LogP contribution in [0.25, 0.3) is 27.8 Å². The molecular weight excluding hydrogens is 661 g/mol. The monoisotopic (exact) mass is 699 g/mol. The highest BCUT2D eigenvalue weighted by atomic mass is 35.5. The summed E-state index contributed by atoms with van der Waals surface area (Å²) in [5.41, 5.74) is 2.90. The second kappa shape index (κ2) is 14.7. The summed E-state index contributed by atoms with van der Waals surface area (Å²) in [7, 11) is 0. The van der Waals surface area contributed by atoms with Crippen LogP contribution in [0.5, 0.6) is 11.5 Å². The highest BCUT2D eigenvalue weighted by molar-refractivity contribution is 6.30. The lowest BCUT2D eigenvalue weighted by atomic mass is 9.85.